The van der Waals surface area contributed by atoms with Crippen LogP contribution in [0.4, 0.5) is 0 Å². The van der Waals surface area contributed by atoms with Crippen LogP contribution in [0.25, 0.3) is 0 Å². The Kier molecular flexibility index (Phi) is 9.19. The minimum atomic E-state index is -3.04. The number of nitrogens with one attached hydrogen (secondary N) is 2. The highest BCUT2D eigenvalue weighted by molar-refractivity contribution is 7.98. The molecule has 0 saturated carbocycles. The Morgan fingerprint density at radius 1 is 1.32 bits per heavy atom. The van der Waals surface area contributed by atoms with E-state index in [9.17, 15) is 8.42 Å². The van der Waals surface area contributed by atoms with Crippen molar-refractivity contribution in [2.45, 2.75) is 38.6 Å². The maximum atomic E-state index is 11.8. The predicted molar refractivity (Wildman–Crippen MR) is 96.2 cm³/mol. The molecule has 130 valence electrons. The van der Waals surface area contributed by atoms with Crippen molar-refractivity contribution in [1.82, 2.24) is 14.9 Å². The molecule has 1 rings (SSSR count). The molecule has 1 fully saturated rings. The van der Waals surface area contributed by atoms with Crippen LogP contribution in [0.3, 0.4) is 0 Å². The summed E-state index contributed by atoms with van der Waals surface area (Å²) in [5.41, 5.74) is 0. The lowest BCUT2D eigenvalue weighted by atomic mass is 10.1. The molecule has 22 heavy (non-hydrogen) atoms. The van der Waals surface area contributed by atoms with Gasteiger partial charge in [0, 0.05) is 32.7 Å². The first-order chi connectivity index (χ1) is 10.5. The van der Waals surface area contributed by atoms with Gasteiger partial charge in [0.25, 0.3) is 0 Å². The van der Waals surface area contributed by atoms with Crippen molar-refractivity contribution in [1.29, 1.82) is 0 Å². The number of rotatable bonds is 8. The molecule has 0 unspecified atom stereocenters. The number of guanidine groups is 1. The highest BCUT2D eigenvalue weighted by Crippen LogP contribution is 2.14. The molecule has 1 heterocycles. The van der Waals surface area contributed by atoms with Crippen LogP contribution in [0, 0.1) is 0 Å². The Morgan fingerprint density at radius 2 is 2.00 bits per heavy atom. The van der Waals surface area contributed by atoms with Crippen molar-refractivity contribution in [2.75, 3.05) is 44.4 Å². The molecule has 1 aliphatic heterocycles. The number of nitrogens with zero attached hydrogens (tertiary/aromatic N) is 2. The molecule has 0 amide bonds. The smallest absolute Gasteiger partial charge is 0.213 e. The van der Waals surface area contributed by atoms with Crippen LogP contribution in [-0.2, 0) is 10.0 Å². The van der Waals surface area contributed by atoms with Crippen molar-refractivity contribution >= 4 is 27.7 Å². The summed E-state index contributed by atoms with van der Waals surface area (Å²) in [6.07, 6.45) is 6.12. The zero-order chi connectivity index (χ0) is 16.4. The molecule has 0 atom stereocenters. The number of sulfonamides is 1. The summed E-state index contributed by atoms with van der Waals surface area (Å²) in [7, 11) is -1.27. The van der Waals surface area contributed by atoms with Gasteiger partial charge in [0.15, 0.2) is 5.96 Å². The molecule has 0 aromatic carbocycles. The van der Waals surface area contributed by atoms with E-state index in [4.69, 9.17) is 0 Å². The minimum absolute atomic E-state index is 0.185. The first kappa shape index (κ1) is 19.6. The van der Waals surface area contributed by atoms with Crippen LogP contribution in [-0.4, -0.2) is 69.2 Å². The molecule has 2 N–H and O–H groups in total. The second-order valence-corrected chi connectivity index (χ2v) is 8.66. The van der Waals surface area contributed by atoms with Crippen molar-refractivity contribution in [3.05, 3.63) is 0 Å². The maximum Gasteiger partial charge on any atom is 0.213 e. The van der Waals surface area contributed by atoms with Gasteiger partial charge in [0.05, 0.1) is 5.75 Å². The molecule has 1 saturated heterocycles. The van der Waals surface area contributed by atoms with E-state index in [1.54, 1.807) is 18.3 Å². The van der Waals surface area contributed by atoms with Crippen LogP contribution in [0.2, 0.25) is 0 Å². The predicted octanol–water partition coefficient (Wildman–Crippen LogP) is 1.11. The zero-order valence-electron chi connectivity index (χ0n) is 14.0. The minimum Gasteiger partial charge on any atom is -0.356 e. The van der Waals surface area contributed by atoms with Crippen LogP contribution >= 0.6 is 11.8 Å². The average molecular weight is 351 g/mol. The lowest BCUT2D eigenvalue weighted by Crippen LogP contribution is -2.50. The van der Waals surface area contributed by atoms with Gasteiger partial charge >= 0.3 is 0 Å². The van der Waals surface area contributed by atoms with Crippen molar-refractivity contribution in [3.8, 4) is 0 Å². The second kappa shape index (κ2) is 10.3. The lowest BCUT2D eigenvalue weighted by molar-refractivity contribution is 0.306. The number of aliphatic imine (C=N–C) groups is 1. The molecule has 0 aromatic heterocycles. The van der Waals surface area contributed by atoms with Crippen molar-refractivity contribution in [3.63, 3.8) is 0 Å². The van der Waals surface area contributed by atoms with Gasteiger partial charge in [-0.15, -0.1) is 0 Å². The summed E-state index contributed by atoms with van der Waals surface area (Å²) in [4.78, 5) is 4.24. The first-order valence-electron chi connectivity index (χ1n) is 7.97. The standard InChI is InChI=1S/C14H30N4O2S2/c1-4-22(19,20)18-10-7-13(8-11-18)17-14(15-2)16-9-5-6-12-21-3/h13H,4-12H2,1-3H3,(H2,15,16,17). The number of hydrogen-bond donors (Lipinski definition) is 2. The fourth-order valence-electron chi connectivity index (χ4n) is 2.43. The highest BCUT2D eigenvalue weighted by atomic mass is 32.2. The zero-order valence-corrected chi connectivity index (χ0v) is 15.6. The Balaban J connectivity index is 2.29. The molecular formula is C14H30N4O2S2. The van der Waals surface area contributed by atoms with Crippen LogP contribution in [0.5, 0.6) is 0 Å². The molecule has 0 aromatic rings. The Bertz CT molecular complexity index is 432. The summed E-state index contributed by atoms with van der Waals surface area (Å²) in [6.45, 7) is 3.81. The van der Waals surface area contributed by atoms with E-state index >= 15 is 0 Å². The highest BCUT2D eigenvalue weighted by Gasteiger charge is 2.26. The SMILES string of the molecule is CCS(=O)(=O)N1CCC(NC(=NC)NCCCCSC)CC1. The molecular weight excluding hydrogens is 320 g/mol. The van der Waals surface area contributed by atoms with Gasteiger partial charge in [0.2, 0.25) is 10.0 Å². The van der Waals surface area contributed by atoms with Crippen LogP contribution in [0.1, 0.15) is 32.6 Å². The molecule has 1 aliphatic rings. The molecule has 8 heteroatoms. The molecule has 0 bridgehead atoms. The monoisotopic (exact) mass is 350 g/mol. The molecule has 0 aliphatic carbocycles. The number of unbranched alkanes of at least 4 members (excludes halogenated alkanes) is 1. The summed E-state index contributed by atoms with van der Waals surface area (Å²) in [6, 6.07) is 0.292. The number of thioether (sulfide) groups is 1. The van der Waals surface area contributed by atoms with E-state index in [1.807, 2.05) is 11.8 Å². The Hall–Kier alpha value is -0.470. The summed E-state index contributed by atoms with van der Waals surface area (Å²) >= 11 is 1.87. The third-order valence-corrected chi connectivity index (χ3v) is 6.42. The maximum absolute atomic E-state index is 11.8. The van der Waals surface area contributed by atoms with E-state index in [-0.39, 0.29) is 5.75 Å². The first-order valence-corrected chi connectivity index (χ1v) is 11.0. The Morgan fingerprint density at radius 3 is 2.55 bits per heavy atom. The average Bonchev–Trinajstić information content (AvgIpc) is 2.54. The van der Waals surface area contributed by atoms with E-state index in [2.05, 4.69) is 21.9 Å². The molecule has 0 radical (unpaired) electrons. The summed E-state index contributed by atoms with van der Waals surface area (Å²) in [5, 5.41) is 6.72. The number of piperidine rings is 1. The van der Waals surface area contributed by atoms with Crippen LogP contribution < -0.4 is 10.6 Å². The fourth-order valence-corrected chi connectivity index (χ4v) is 4.05. The fraction of sp³-hybridized carbons (Fsp3) is 0.929. The van der Waals surface area contributed by atoms with E-state index in [0.29, 0.717) is 19.1 Å². The third kappa shape index (κ3) is 6.75. The van der Waals surface area contributed by atoms with E-state index in [1.165, 1.54) is 12.2 Å². The van der Waals surface area contributed by atoms with Gasteiger partial charge < -0.3 is 10.6 Å². The number of hydrogen-bond acceptors (Lipinski definition) is 4. The van der Waals surface area contributed by atoms with E-state index < -0.39 is 10.0 Å². The second-order valence-electron chi connectivity index (χ2n) is 5.42. The van der Waals surface area contributed by atoms with Gasteiger partial charge in [-0.1, -0.05) is 0 Å². The van der Waals surface area contributed by atoms with Gasteiger partial charge in [-0.2, -0.15) is 11.8 Å². The molecule has 0 spiro atoms. The summed E-state index contributed by atoms with van der Waals surface area (Å²) < 4.78 is 25.3. The van der Waals surface area contributed by atoms with E-state index in [0.717, 1.165) is 31.8 Å². The van der Waals surface area contributed by atoms with Crippen molar-refractivity contribution < 1.29 is 8.42 Å². The normalized spacial score (nSPS) is 18.4. The largest absolute Gasteiger partial charge is 0.356 e. The van der Waals surface area contributed by atoms with Gasteiger partial charge in [0.1, 0.15) is 0 Å². The van der Waals surface area contributed by atoms with Gasteiger partial charge in [-0.05, 0) is 44.6 Å². The van der Waals surface area contributed by atoms with Crippen LogP contribution in [0.15, 0.2) is 4.99 Å². The summed E-state index contributed by atoms with van der Waals surface area (Å²) in [5.74, 6) is 2.20. The molecule has 6 nitrogen and oxygen atoms in total. The Labute approximate surface area is 139 Å². The van der Waals surface area contributed by atoms with Gasteiger partial charge in [-0.3, -0.25) is 4.99 Å². The van der Waals surface area contributed by atoms with Gasteiger partial charge in [-0.25, -0.2) is 12.7 Å². The quantitative estimate of drug-likeness (QED) is 0.390. The third-order valence-electron chi connectivity index (χ3n) is 3.84. The topological polar surface area (TPSA) is 73.8 Å². The lowest BCUT2D eigenvalue weighted by Gasteiger charge is -2.32. The van der Waals surface area contributed by atoms with Crippen molar-refractivity contribution in [2.24, 2.45) is 4.99 Å².